The third-order valence-corrected chi connectivity index (χ3v) is 6.12. The molecule has 0 fully saturated rings. The van der Waals surface area contributed by atoms with Crippen molar-refractivity contribution in [2.75, 3.05) is 18.6 Å². The minimum Gasteiger partial charge on any atom is -0.484 e. The average molecular weight is 515 g/mol. The lowest BCUT2D eigenvalue weighted by atomic mass is 10.0. The second kappa shape index (κ2) is 11.6. The molecular formula is C30H27FN2O5. The Morgan fingerprint density at radius 2 is 1.66 bits per heavy atom. The number of para-hydroxylation sites is 1. The highest BCUT2D eigenvalue weighted by molar-refractivity contribution is 6.23. The summed E-state index contributed by atoms with van der Waals surface area (Å²) in [6.07, 6.45) is 1.54. The summed E-state index contributed by atoms with van der Waals surface area (Å²) < 4.78 is 25.0. The number of anilines is 1. The Balaban J connectivity index is 1.48. The van der Waals surface area contributed by atoms with Crippen molar-refractivity contribution in [3.8, 4) is 5.75 Å². The topological polar surface area (TPSA) is 84.9 Å². The number of carbonyl (C=O) groups is 3. The van der Waals surface area contributed by atoms with E-state index in [0.29, 0.717) is 11.3 Å². The van der Waals surface area contributed by atoms with Crippen LogP contribution in [0.1, 0.15) is 31.0 Å². The van der Waals surface area contributed by atoms with Crippen LogP contribution in [-0.2, 0) is 19.1 Å². The number of hydrogen-bond donors (Lipinski definition) is 1. The lowest BCUT2D eigenvalue weighted by Gasteiger charge is -2.18. The number of rotatable bonds is 8. The highest BCUT2D eigenvalue weighted by Gasteiger charge is 2.38. The van der Waals surface area contributed by atoms with Crippen LogP contribution in [-0.4, -0.2) is 31.5 Å². The fraction of sp³-hybridized carbons (Fsp3) is 0.167. The molecule has 1 aliphatic rings. The van der Waals surface area contributed by atoms with Crippen molar-refractivity contribution in [3.05, 3.63) is 113 Å². The van der Waals surface area contributed by atoms with Crippen molar-refractivity contribution in [1.82, 2.24) is 5.32 Å². The van der Waals surface area contributed by atoms with Gasteiger partial charge in [0.1, 0.15) is 11.6 Å². The van der Waals surface area contributed by atoms with E-state index in [9.17, 15) is 18.8 Å². The number of nitrogens with zero attached hydrogens (tertiary/aromatic N) is 1. The van der Waals surface area contributed by atoms with Gasteiger partial charge in [-0.1, -0.05) is 54.6 Å². The van der Waals surface area contributed by atoms with E-state index in [2.05, 4.69) is 5.32 Å². The molecule has 0 saturated carbocycles. The van der Waals surface area contributed by atoms with Gasteiger partial charge in [-0.05, 0) is 55.3 Å². The van der Waals surface area contributed by atoms with E-state index in [1.807, 2.05) is 37.3 Å². The number of benzene rings is 3. The maximum Gasteiger partial charge on any atom is 0.340 e. The van der Waals surface area contributed by atoms with E-state index < -0.39 is 17.7 Å². The first kappa shape index (κ1) is 26.3. The highest BCUT2D eigenvalue weighted by Crippen LogP contribution is 2.36. The van der Waals surface area contributed by atoms with Gasteiger partial charge in [0.05, 0.1) is 30.0 Å². The first-order chi connectivity index (χ1) is 18.3. The lowest BCUT2D eigenvalue weighted by Crippen LogP contribution is -2.31. The SMILES string of the molecule is COC(=O)C1=C(C)N(c2ccccc2F)C(=O)/C1=C\c1ccc(OCC(=O)N[C@H](C)c2ccccc2)cc1. The molecule has 0 aliphatic carbocycles. The van der Waals surface area contributed by atoms with Gasteiger partial charge in [0.2, 0.25) is 0 Å². The number of amides is 2. The lowest BCUT2D eigenvalue weighted by molar-refractivity contribution is -0.136. The smallest absolute Gasteiger partial charge is 0.340 e. The van der Waals surface area contributed by atoms with Gasteiger partial charge in [-0.2, -0.15) is 0 Å². The van der Waals surface area contributed by atoms with Crippen molar-refractivity contribution < 1.29 is 28.2 Å². The highest BCUT2D eigenvalue weighted by atomic mass is 19.1. The molecule has 7 nitrogen and oxygen atoms in total. The number of nitrogens with one attached hydrogen (secondary N) is 1. The molecule has 1 heterocycles. The Hall–Kier alpha value is -4.72. The van der Waals surface area contributed by atoms with Gasteiger partial charge in [0, 0.05) is 5.70 Å². The zero-order chi connectivity index (χ0) is 27.2. The minimum atomic E-state index is -0.698. The fourth-order valence-corrected chi connectivity index (χ4v) is 4.19. The summed E-state index contributed by atoms with van der Waals surface area (Å²) in [5.74, 6) is -1.63. The molecule has 1 N–H and O–H groups in total. The molecule has 1 atom stereocenters. The second-order valence-corrected chi connectivity index (χ2v) is 8.66. The first-order valence-corrected chi connectivity index (χ1v) is 12.0. The van der Waals surface area contributed by atoms with Gasteiger partial charge < -0.3 is 14.8 Å². The number of esters is 1. The van der Waals surface area contributed by atoms with Gasteiger partial charge in [0.15, 0.2) is 6.61 Å². The summed E-state index contributed by atoms with van der Waals surface area (Å²) in [5.41, 5.74) is 2.06. The van der Waals surface area contributed by atoms with Crippen LogP contribution in [0.4, 0.5) is 10.1 Å². The zero-order valence-electron chi connectivity index (χ0n) is 21.2. The van der Waals surface area contributed by atoms with Gasteiger partial charge in [-0.25, -0.2) is 9.18 Å². The molecule has 2 amide bonds. The predicted octanol–water partition coefficient (Wildman–Crippen LogP) is 4.96. The Morgan fingerprint density at radius 1 is 1.00 bits per heavy atom. The Bertz CT molecular complexity index is 1410. The predicted molar refractivity (Wildman–Crippen MR) is 142 cm³/mol. The maximum absolute atomic E-state index is 14.5. The maximum atomic E-state index is 14.5. The normalized spacial score (nSPS) is 15.0. The molecule has 3 aromatic carbocycles. The van der Waals surface area contributed by atoms with Crippen LogP contribution in [0.25, 0.3) is 6.08 Å². The van der Waals surface area contributed by atoms with E-state index >= 15 is 0 Å². The molecule has 0 saturated heterocycles. The van der Waals surface area contributed by atoms with Crippen LogP contribution >= 0.6 is 0 Å². The van der Waals surface area contributed by atoms with E-state index in [1.54, 1.807) is 37.3 Å². The standard InChI is InChI=1S/C30H27FN2O5/c1-19(22-9-5-4-6-10-22)32-27(34)18-38-23-15-13-21(14-16-23)17-24-28(30(36)37-3)20(2)33(29(24)35)26-12-8-7-11-25(26)31/h4-17,19H,18H2,1-3H3,(H,32,34)/b24-17-/t19-/m1/s1. The van der Waals surface area contributed by atoms with Crippen LogP contribution in [0.5, 0.6) is 5.75 Å². The summed E-state index contributed by atoms with van der Waals surface area (Å²) >= 11 is 0. The monoisotopic (exact) mass is 514 g/mol. The van der Waals surface area contributed by atoms with Gasteiger partial charge in [0.25, 0.3) is 11.8 Å². The molecule has 8 heteroatoms. The molecule has 3 aromatic rings. The molecule has 0 radical (unpaired) electrons. The average Bonchev–Trinajstić information content (AvgIpc) is 3.17. The van der Waals surface area contributed by atoms with Crippen molar-refractivity contribution >= 4 is 29.5 Å². The van der Waals surface area contributed by atoms with E-state index in [-0.39, 0.29) is 41.1 Å². The van der Waals surface area contributed by atoms with Gasteiger partial charge in [-0.3, -0.25) is 14.5 Å². The van der Waals surface area contributed by atoms with E-state index in [0.717, 1.165) is 5.56 Å². The van der Waals surface area contributed by atoms with Crippen LogP contribution < -0.4 is 15.0 Å². The third kappa shape index (κ3) is 5.64. The molecule has 0 spiro atoms. The number of methoxy groups -OCH3 is 1. The number of halogens is 1. The van der Waals surface area contributed by atoms with Gasteiger partial charge in [-0.15, -0.1) is 0 Å². The Morgan fingerprint density at radius 3 is 2.32 bits per heavy atom. The molecular weight excluding hydrogens is 487 g/mol. The van der Waals surface area contributed by atoms with Crippen molar-refractivity contribution in [3.63, 3.8) is 0 Å². The summed E-state index contributed by atoms with van der Waals surface area (Å²) in [7, 11) is 1.22. The third-order valence-electron chi connectivity index (χ3n) is 6.12. The Kier molecular flexibility index (Phi) is 8.01. The molecule has 194 valence electrons. The number of ether oxygens (including phenoxy) is 2. The van der Waals surface area contributed by atoms with Crippen molar-refractivity contribution in [2.24, 2.45) is 0 Å². The quantitative estimate of drug-likeness (QED) is 0.339. The summed E-state index contributed by atoms with van der Waals surface area (Å²) in [5, 5.41) is 2.89. The van der Waals surface area contributed by atoms with Gasteiger partial charge >= 0.3 is 5.97 Å². The van der Waals surface area contributed by atoms with Crippen LogP contribution in [0, 0.1) is 5.82 Å². The molecule has 1 aliphatic heterocycles. The van der Waals surface area contributed by atoms with Crippen LogP contribution in [0.2, 0.25) is 0 Å². The summed E-state index contributed by atoms with van der Waals surface area (Å²) in [6.45, 7) is 3.30. The van der Waals surface area contributed by atoms with Crippen LogP contribution in [0.15, 0.2) is 95.7 Å². The fourth-order valence-electron chi connectivity index (χ4n) is 4.19. The second-order valence-electron chi connectivity index (χ2n) is 8.66. The summed E-state index contributed by atoms with van der Waals surface area (Å²) in [6, 6.07) is 22.0. The van der Waals surface area contributed by atoms with Crippen molar-refractivity contribution in [2.45, 2.75) is 19.9 Å². The number of allylic oxidation sites excluding steroid dienone is 1. The molecule has 0 unspecified atom stereocenters. The summed E-state index contributed by atoms with van der Waals surface area (Å²) in [4.78, 5) is 39.3. The largest absolute Gasteiger partial charge is 0.484 e. The zero-order valence-corrected chi connectivity index (χ0v) is 21.2. The van der Waals surface area contributed by atoms with Crippen LogP contribution in [0.3, 0.4) is 0 Å². The molecule has 0 aromatic heterocycles. The number of hydrogen-bond acceptors (Lipinski definition) is 5. The number of carbonyl (C=O) groups excluding carboxylic acids is 3. The first-order valence-electron chi connectivity index (χ1n) is 12.0. The Labute approximate surface area is 220 Å². The molecule has 38 heavy (non-hydrogen) atoms. The minimum absolute atomic E-state index is 0.0448. The molecule has 0 bridgehead atoms. The molecule has 4 rings (SSSR count). The van der Waals surface area contributed by atoms with Crippen molar-refractivity contribution in [1.29, 1.82) is 0 Å². The van der Waals surface area contributed by atoms with E-state index in [4.69, 9.17) is 9.47 Å². The van der Waals surface area contributed by atoms with E-state index in [1.165, 1.54) is 36.3 Å².